The Labute approximate surface area is 190 Å². The van der Waals surface area contributed by atoms with Crippen molar-refractivity contribution >= 4 is 23.0 Å². The Bertz CT molecular complexity index is 1050. The summed E-state index contributed by atoms with van der Waals surface area (Å²) in [6, 6.07) is 12.3. The van der Waals surface area contributed by atoms with Crippen LogP contribution in [0.1, 0.15) is 49.8 Å². The van der Waals surface area contributed by atoms with E-state index in [1.807, 2.05) is 6.07 Å². The van der Waals surface area contributed by atoms with Gasteiger partial charge in [-0.1, -0.05) is 19.1 Å². The maximum Gasteiger partial charge on any atom is 0.224 e. The van der Waals surface area contributed by atoms with Crippen molar-refractivity contribution in [2.75, 3.05) is 23.7 Å². The Morgan fingerprint density at radius 1 is 1.28 bits per heavy atom. The molecule has 0 saturated heterocycles. The minimum absolute atomic E-state index is 0.198. The third kappa shape index (κ3) is 4.84. The standard InChI is InChI=1S/C20H26N2O.C6H5N3/c1-13-11-18-12-17(15-7-9-21-10-8-15)5-6-19(18)22(14(2)23)20(13)16-3-4-16;7-3-5-1-2-6(8)9-4-5/h5-7,12-13,16,20-21H,3-4,8-11H2,1-2H3;1-2,4H,(H2,8,9)/t13?,20-;/m1./s1. The highest BCUT2D eigenvalue weighted by Crippen LogP contribution is 2.45. The normalized spacial score (nSPS) is 22.0. The highest BCUT2D eigenvalue weighted by Gasteiger charge is 2.43. The van der Waals surface area contributed by atoms with Crippen molar-refractivity contribution in [3.8, 4) is 6.07 Å². The fourth-order valence-electron chi connectivity index (χ4n) is 4.92. The van der Waals surface area contributed by atoms with E-state index in [9.17, 15) is 4.79 Å². The largest absolute Gasteiger partial charge is 0.384 e. The third-order valence-electron chi connectivity index (χ3n) is 6.56. The van der Waals surface area contributed by atoms with Crippen LogP contribution >= 0.6 is 0 Å². The summed E-state index contributed by atoms with van der Waals surface area (Å²) in [6.45, 7) is 6.06. The molecule has 6 heteroatoms. The van der Waals surface area contributed by atoms with Crippen molar-refractivity contribution in [1.29, 1.82) is 5.26 Å². The van der Waals surface area contributed by atoms with Crippen LogP contribution in [0, 0.1) is 23.2 Å². The molecule has 1 unspecified atom stereocenters. The average molecular weight is 430 g/mol. The molecule has 0 bridgehead atoms. The number of benzene rings is 1. The number of pyridine rings is 1. The van der Waals surface area contributed by atoms with Crippen LogP contribution in [0.4, 0.5) is 11.5 Å². The molecule has 2 atom stereocenters. The van der Waals surface area contributed by atoms with Gasteiger partial charge in [0.05, 0.1) is 5.56 Å². The Balaban J connectivity index is 0.000000230. The average Bonchev–Trinajstić information content (AvgIpc) is 3.64. The van der Waals surface area contributed by atoms with Crippen molar-refractivity contribution in [3.63, 3.8) is 0 Å². The summed E-state index contributed by atoms with van der Waals surface area (Å²) in [4.78, 5) is 18.1. The van der Waals surface area contributed by atoms with Gasteiger partial charge in [0.2, 0.25) is 5.91 Å². The summed E-state index contributed by atoms with van der Waals surface area (Å²) < 4.78 is 0. The van der Waals surface area contributed by atoms with E-state index in [2.05, 4.69) is 46.4 Å². The molecular weight excluding hydrogens is 398 g/mol. The van der Waals surface area contributed by atoms with E-state index in [4.69, 9.17) is 11.0 Å². The minimum atomic E-state index is 0.198. The summed E-state index contributed by atoms with van der Waals surface area (Å²) in [7, 11) is 0. The minimum Gasteiger partial charge on any atom is -0.384 e. The third-order valence-corrected chi connectivity index (χ3v) is 6.56. The molecule has 32 heavy (non-hydrogen) atoms. The monoisotopic (exact) mass is 429 g/mol. The molecule has 3 heterocycles. The van der Waals surface area contributed by atoms with Gasteiger partial charge in [-0.3, -0.25) is 4.79 Å². The molecule has 1 aliphatic carbocycles. The first kappa shape index (κ1) is 22.0. The molecule has 1 aromatic heterocycles. The lowest BCUT2D eigenvalue weighted by molar-refractivity contribution is -0.117. The summed E-state index contributed by atoms with van der Waals surface area (Å²) in [5, 5.41) is 11.7. The van der Waals surface area contributed by atoms with Gasteiger partial charge in [0.25, 0.3) is 0 Å². The summed E-state index contributed by atoms with van der Waals surface area (Å²) in [5.41, 5.74) is 11.1. The number of carbonyl (C=O) groups is 1. The predicted octanol–water partition coefficient (Wildman–Crippen LogP) is 3.92. The van der Waals surface area contributed by atoms with Crippen molar-refractivity contribution < 1.29 is 4.79 Å². The molecule has 3 aliphatic rings. The number of amides is 1. The first-order chi connectivity index (χ1) is 15.5. The number of anilines is 2. The fraction of sp³-hybridized carbons (Fsp3) is 0.423. The van der Waals surface area contributed by atoms with E-state index >= 15 is 0 Å². The molecule has 1 aromatic carbocycles. The van der Waals surface area contributed by atoms with E-state index in [0.29, 0.717) is 29.3 Å². The van der Waals surface area contributed by atoms with Crippen LogP contribution in [0.5, 0.6) is 0 Å². The quantitative estimate of drug-likeness (QED) is 0.754. The number of fused-ring (bicyclic) bond motifs is 1. The SMILES string of the molecule is CC(=O)N1c2ccc(C3=CCNCC3)cc2CC(C)[C@@H]1C1CC1.N#Cc1ccc(N)nc1. The lowest BCUT2D eigenvalue weighted by atomic mass is 9.83. The molecule has 0 radical (unpaired) electrons. The van der Waals surface area contributed by atoms with Crippen LogP contribution in [0.25, 0.3) is 5.57 Å². The highest BCUT2D eigenvalue weighted by atomic mass is 16.2. The second kappa shape index (κ2) is 9.54. The summed E-state index contributed by atoms with van der Waals surface area (Å²) >= 11 is 0. The smallest absolute Gasteiger partial charge is 0.224 e. The van der Waals surface area contributed by atoms with Gasteiger partial charge in [0.15, 0.2) is 0 Å². The number of nitrogen functional groups attached to an aromatic ring is 1. The van der Waals surface area contributed by atoms with Crippen molar-refractivity contribution in [1.82, 2.24) is 10.3 Å². The van der Waals surface area contributed by atoms with Gasteiger partial charge in [-0.25, -0.2) is 4.98 Å². The maximum atomic E-state index is 12.3. The van der Waals surface area contributed by atoms with Crippen molar-refractivity contribution in [2.24, 2.45) is 11.8 Å². The predicted molar refractivity (Wildman–Crippen MR) is 128 cm³/mol. The fourth-order valence-corrected chi connectivity index (χ4v) is 4.92. The number of hydrogen-bond acceptors (Lipinski definition) is 5. The molecular formula is C26H31N5O. The number of aromatic nitrogens is 1. The molecule has 3 N–H and O–H groups in total. The van der Waals surface area contributed by atoms with E-state index in [0.717, 1.165) is 31.6 Å². The molecule has 5 rings (SSSR count). The maximum absolute atomic E-state index is 12.3. The van der Waals surface area contributed by atoms with Crippen LogP contribution in [-0.4, -0.2) is 30.0 Å². The van der Waals surface area contributed by atoms with Gasteiger partial charge >= 0.3 is 0 Å². The lowest BCUT2D eigenvalue weighted by Gasteiger charge is -2.41. The van der Waals surface area contributed by atoms with Gasteiger partial charge in [0.1, 0.15) is 11.9 Å². The number of rotatable bonds is 2. The second-order valence-corrected chi connectivity index (χ2v) is 9.01. The number of hydrogen-bond donors (Lipinski definition) is 2. The zero-order valence-electron chi connectivity index (χ0n) is 18.8. The topological polar surface area (TPSA) is 95.0 Å². The molecule has 6 nitrogen and oxygen atoms in total. The van der Waals surface area contributed by atoms with Crippen LogP contribution in [-0.2, 0) is 11.2 Å². The Morgan fingerprint density at radius 3 is 2.69 bits per heavy atom. The van der Waals surface area contributed by atoms with Gasteiger partial charge < -0.3 is 16.0 Å². The zero-order valence-corrected chi connectivity index (χ0v) is 18.8. The van der Waals surface area contributed by atoms with E-state index < -0.39 is 0 Å². The number of nitrogens with zero attached hydrogens (tertiary/aromatic N) is 3. The Morgan fingerprint density at radius 2 is 2.09 bits per heavy atom. The van der Waals surface area contributed by atoms with Crippen LogP contribution < -0.4 is 16.0 Å². The Kier molecular flexibility index (Phi) is 6.57. The van der Waals surface area contributed by atoms with E-state index in [1.54, 1.807) is 19.1 Å². The number of nitrogens with two attached hydrogens (primary N) is 1. The Hall–Kier alpha value is -3.17. The van der Waals surface area contributed by atoms with Crippen molar-refractivity contribution in [2.45, 2.75) is 45.6 Å². The summed E-state index contributed by atoms with van der Waals surface area (Å²) in [5.74, 6) is 1.91. The molecule has 1 fully saturated rings. The molecule has 2 aliphatic heterocycles. The molecule has 1 saturated carbocycles. The lowest BCUT2D eigenvalue weighted by Crippen LogP contribution is -2.48. The molecule has 1 amide bonds. The van der Waals surface area contributed by atoms with E-state index in [-0.39, 0.29) is 5.91 Å². The molecule has 166 valence electrons. The van der Waals surface area contributed by atoms with Gasteiger partial charge in [-0.15, -0.1) is 0 Å². The second-order valence-electron chi connectivity index (χ2n) is 9.01. The van der Waals surface area contributed by atoms with Gasteiger partial charge in [-0.2, -0.15) is 5.26 Å². The van der Waals surface area contributed by atoms with Crippen LogP contribution in [0.3, 0.4) is 0 Å². The summed E-state index contributed by atoms with van der Waals surface area (Å²) in [6.07, 6.45) is 8.50. The number of nitriles is 1. The molecule has 0 spiro atoms. The molecule has 2 aromatic rings. The van der Waals surface area contributed by atoms with Crippen LogP contribution in [0.2, 0.25) is 0 Å². The number of carbonyl (C=O) groups excluding carboxylic acids is 1. The zero-order chi connectivity index (χ0) is 22.7. The highest BCUT2D eigenvalue weighted by molar-refractivity contribution is 5.94. The van der Waals surface area contributed by atoms with Gasteiger partial charge in [0, 0.05) is 31.4 Å². The van der Waals surface area contributed by atoms with Crippen LogP contribution in [0.15, 0.2) is 42.6 Å². The van der Waals surface area contributed by atoms with E-state index in [1.165, 1.54) is 35.7 Å². The van der Waals surface area contributed by atoms with Gasteiger partial charge in [-0.05, 0) is 85.0 Å². The van der Waals surface area contributed by atoms with Crippen molar-refractivity contribution in [3.05, 3.63) is 59.3 Å². The first-order valence-electron chi connectivity index (χ1n) is 11.4. The first-order valence-corrected chi connectivity index (χ1v) is 11.4. The number of nitrogens with one attached hydrogen (secondary N) is 1.